The van der Waals surface area contributed by atoms with Crippen molar-refractivity contribution < 1.29 is 9.59 Å². The number of fused-ring (bicyclic) bond motifs is 1. The first-order valence-corrected chi connectivity index (χ1v) is 10.7. The Morgan fingerprint density at radius 1 is 1.23 bits per heavy atom. The Bertz CT molecular complexity index is 1190. The van der Waals surface area contributed by atoms with Crippen LogP contribution in [0.4, 0.5) is 10.7 Å². The molecule has 5 rings (SSSR count). The molecule has 0 spiro atoms. The second-order valence-corrected chi connectivity index (χ2v) is 8.53. The third-order valence-electron chi connectivity index (χ3n) is 5.41. The first-order valence-electron chi connectivity index (χ1n) is 9.85. The minimum Gasteiger partial charge on any atom is -0.342 e. The maximum atomic E-state index is 11.8. The SMILES string of the molecule is Cc1cccc2[nH]c(C3CCCN(c4nccc(/C=C5/SC(=O)NC5=O)n4)C3)nc12. The monoisotopic (exact) mass is 420 g/mol. The molecule has 1 unspecified atom stereocenters. The number of rotatable bonds is 3. The number of piperidine rings is 1. The van der Waals surface area contributed by atoms with Crippen molar-refractivity contribution in [3.8, 4) is 0 Å². The average Bonchev–Trinajstić information content (AvgIpc) is 3.32. The zero-order valence-electron chi connectivity index (χ0n) is 16.4. The molecule has 2 N–H and O–H groups in total. The molecule has 8 nitrogen and oxygen atoms in total. The van der Waals surface area contributed by atoms with Crippen molar-refractivity contribution in [2.75, 3.05) is 18.0 Å². The van der Waals surface area contributed by atoms with Crippen LogP contribution in [0.1, 0.15) is 35.8 Å². The van der Waals surface area contributed by atoms with Crippen molar-refractivity contribution in [1.82, 2.24) is 25.3 Å². The summed E-state index contributed by atoms with van der Waals surface area (Å²) in [7, 11) is 0. The second kappa shape index (κ2) is 7.56. The Morgan fingerprint density at radius 3 is 2.93 bits per heavy atom. The molecule has 4 heterocycles. The molecule has 0 saturated carbocycles. The number of imidazole rings is 1. The molecule has 0 aliphatic carbocycles. The number of para-hydroxylation sites is 1. The summed E-state index contributed by atoms with van der Waals surface area (Å²) >= 11 is 0.886. The van der Waals surface area contributed by atoms with E-state index in [1.165, 1.54) is 5.56 Å². The number of hydrogen-bond donors (Lipinski definition) is 2. The molecule has 3 aromatic rings. The van der Waals surface area contributed by atoms with Gasteiger partial charge in [-0.15, -0.1) is 0 Å². The fourth-order valence-corrected chi connectivity index (χ4v) is 4.59. The average molecular weight is 420 g/mol. The molecule has 2 saturated heterocycles. The quantitative estimate of drug-likeness (QED) is 0.626. The minimum absolute atomic E-state index is 0.268. The van der Waals surface area contributed by atoms with Gasteiger partial charge in [-0.2, -0.15) is 0 Å². The largest absolute Gasteiger partial charge is 0.342 e. The van der Waals surface area contributed by atoms with Crippen LogP contribution in [0.2, 0.25) is 0 Å². The zero-order valence-corrected chi connectivity index (χ0v) is 17.2. The first-order chi connectivity index (χ1) is 14.6. The van der Waals surface area contributed by atoms with E-state index in [0.29, 0.717) is 16.5 Å². The van der Waals surface area contributed by atoms with Crippen molar-refractivity contribution in [3.05, 3.63) is 52.4 Å². The van der Waals surface area contributed by atoms with Crippen LogP contribution in [-0.4, -0.2) is 44.2 Å². The van der Waals surface area contributed by atoms with Crippen LogP contribution >= 0.6 is 11.8 Å². The second-order valence-electron chi connectivity index (χ2n) is 7.51. The Labute approximate surface area is 177 Å². The van der Waals surface area contributed by atoms with Gasteiger partial charge in [0.2, 0.25) is 5.95 Å². The highest BCUT2D eigenvalue weighted by Crippen LogP contribution is 2.30. The van der Waals surface area contributed by atoms with Gasteiger partial charge < -0.3 is 9.88 Å². The molecule has 2 amide bonds. The van der Waals surface area contributed by atoms with E-state index < -0.39 is 0 Å². The number of aromatic amines is 1. The van der Waals surface area contributed by atoms with E-state index in [4.69, 9.17) is 4.98 Å². The fourth-order valence-electron chi connectivity index (χ4n) is 3.92. The van der Waals surface area contributed by atoms with Crippen molar-refractivity contribution in [1.29, 1.82) is 0 Å². The lowest BCUT2D eigenvalue weighted by atomic mass is 9.97. The number of benzene rings is 1. The molecular weight excluding hydrogens is 400 g/mol. The van der Waals surface area contributed by atoms with E-state index in [1.807, 2.05) is 6.07 Å². The number of aromatic nitrogens is 4. The predicted molar refractivity (Wildman–Crippen MR) is 116 cm³/mol. The number of amides is 2. The lowest BCUT2D eigenvalue weighted by Crippen LogP contribution is -2.36. The topological polar surface area (TPSA) is 104 Å². The van der Waals surface area contributed by atoms with E-state index in [0.717, 1.165) is 54.6 Å². The Balaban J connectivity index is 1.38. The van der Waals surface area contributed by atoms with Gasteiger partial charge >= 0.3 is 0 Å². The number of imide groups is 1. The van der Waals surface area contributed by atoms with Gasteiger partial charge in [-0.25, -0.2) is 15.0 Å². The van der Waals surface area contributed by atoms with Crippen LogP contribution in [0.3, 0.4) is 0 Å². The zero-order chi connectivity index (χ0) is 20.7. The summed E-state index contributed by atoms with van der Waals surface area (Å²) in [6.07, 6.45) is 5.38. The lowest BCUT2D eigenvalue weighted by molar-refractivity contribution is -0.115. The Morgan fingerprint density at radius 2 is 2.13 bits per heavy atom. The highest BCUT2D eigenvalue weighted by molar-refractivity contribution is 8.18. The molecule has 2 fully saturated rings. The maximum absolute atomic E-state index is 11.8. The third kappa shape index (κ3) is 3.56. The number of H-pyrrole nitrogens is 1. The van der Waals surface area contributed by atoms with Gasteiger partial charge in [-0.05, 0) is 55.3 Å². The van der Waals surface area contributed by atoms with E-state index in [-0.39, 0.29) is 17.1 Å². The molecule has 1 atom stereocenters. The van der Waals surface area contributed by atoms with Gasteiger partial charge in [-0.3, -0.25) is 14.9 Å². The Kier molecular flexibility index (Phi) is 4.74. The summed E-state index contributed by atoms with van der Waals surface area (Å²) in [6.45, 7) is 3.71. The van der Waals surface area contributed by atoms with Gasteiger partial charge in [-0.1, -0.05) is 12.1 Å². The molecular formula is C21H20N6O2S. The number of anilines is 1. The number of nitrogens with one attached hydrogen (secondary N) is 2. The molecule has 2 aromatic heterocycles. The van der Waals surface area contributed by atoms with Gasteiger partial charge in [0, 0.05) is 25.2 Å². The number of carbonyl (C=O) groups excluding carboxylic acids is 2. The molecule has 0 radical (unpaired) electrons. The van der Waals surface area contributed by atoms with E-state index in [9.17, 15) is 9.59 Å². The smallest absolute Gasteiger partial charge is 0.290 e. The first kappa shape index (κ1) is 18.8. The number of thioether (sulfide) groups is 1. The molecule has 2 aliphatic rings. The number of nitrogens with zero attached hydrogens (tertiary/aromatic N) is 4. The Hall–Kier alpha value is -3.20. The molecule has 152 valence electrons. The fraction of sp³-hybridized carbons (Fsp3) is 0.286. The highest BCUT2D eigenvalue weighted by atomic mass is 32.2. The summed E-state index contributed by atoms with van der Waals surface area (Å²) in [5, 5.41) is 1.90. The molecule has 0 bridgehead atoms. The van der Waals surface area contributed by atoms with Gasteiger partial charge in [0.05, 0.1) is 21.6 Å². The summed E-state index contributed by atoms with van der Waals surface area (Å²) in [6, 6.07) is 7.90. The van der Waals surface area contributed by atoms with Crippen molar-refractivity contribution >= 4 is 46.0 Å². The summed E-state index contributed by atoms with van der Waals surface area (Å²) in [5.74, 6) is 1.50. The molecule has 9 heteroatoms. The van der Waals surface area contributed by atoms with E-state index >= 15 is 0 Å². The van der Waals surface area contributed by atoms with Gasteiger partial charge in [0.15, 0.2) is 0 Å². The van der Waals surface area contributed by atoms with Crippen molar-refractivity contribution in [2.24, 2.45) is 0 Å². The third-order valence-corrected chi connectivity index (χ3v) is 6.22. The van der Waals surface area contributed by atoms with Gasteiger partial charge in [0.25, 0.3) is 11.1 Å². The van der Waals surface area contributed by atoms with Crippen LogP contribution in [-0.2, 0) is 4.79 Å². The number of aryl methyl sites for hydroxylation is 1. The standard InChI is InChI=1S/C21H20N6O2S/c1-12-4-2-6-15-17(12)25-18(24-15)13-5-3-9-27(11-13)20-22-8-7-14(23-20)10-16-19(28)26-21(29)30-16/h2,4,6-8,10,13H,3,5,9,11H2,1H3,(H,24,25)(H,26,28,29)/b16-10+. The lowest BCUT2D eigenvalue weighted by Gasteiger charge is -2.31. The van der Waals surface area contributed by atoms with Crippen LogP contribution in [0.25, 0.3) is 17.1 Å². The van der Waals surface area contributed by atoms with Crippen LogP contribution in [0, 0.1) is 6.92 Å². The number of carbonyl (C=O) groups is 2. The summed E-state index contributed by atoms with van der Waals surface area (Å²) in [4.78, 5) is 43.0. The van der Waals surface area contributed by atoms with Crippen LogP contribution in [0.5, 0.6) is 0 Å². The molecule has 1 aromatic carbocycles. The van der Waals surface area contributed by atoms with Crippen molar-refractivity contribution in [2.45, 2.75) is 25.7 Å². The minimum atomic E-state index is -0.386. The molecule has 2 aliphatic heterocycles. The molecule has 30 heavy (non-hydrogen) atoms. The normalized spacial score (nSPS) is 20.9. The summed E-state index contributed by atoms with van der Waals surface area (Å²) in [5.41, 5.74) is 3.86. The predicted octanol–water partition coefficient (Wildman–Crippen LogP) is 3.37. The summed E-state index contributed by atoms with van der Waals surface area (Å²) < 4.78 is 0. The van der Waals surface area contributed by atoms with Crippen LogP contribution in [0.15, 0.2) is 35.4 Å². The van der Waals surface area contributed by atoms with E-state index in [2.05, 4.69) is 44.2 Å². The highest BCUT2D eigenvalue weighted by Gasteiger charge is 2.27. The van der Waals surface area contributed by atoms with Gasteiger partial charge in [0.1, 0.15) is 5.82 Å². The maximum Gasteiger partial charge on any atom is 0.290 e. The van der Waals surface area contributed by atoms with Crippen LogP contribution < -0.4 is 10.2 Å². The number of hydrogen-bond acceptors (Lipinski definition) is 7. The van der Waals surface area contributed by atoms with E-state index in [1.54, 1.807) is 18.3 Å². The van der Waals surface area contributed by atoms with Crippen molar-refractivity contribution in [3.63, 3.8) is 0 Å².